The highest BCUT2D eigenvalue weighted by molar-refractivity contribution is 5.85. The van der Waals surface area contributed by atoms with Crippen molar-refractivity contribution in [3.8, 4) is 0 Å². The standard InChI is InChI=1S/C29H25F6N7/c1-41(2)23-8-4-7-22(14-23)38-27-39-25(36-15-19-5-3-6-21(13-19)29(33,34)35)24-26(40-27)42(17-37-24)16-18-9-11-20(12-10-18)28(30,31)32/h3-14,17H,15-16H2,1-2H3,(H2,36,38,39,40). The van der Waals surface area contributed by atoms with Crippen LogP contribution in [0.2, 0.25) is 0 Å². The van der Waals surface area contributed by atoms with Crippen LogP contribution in [-0.2, 0) is 25.4 Å². The van der Waals surface area contributed by atoms with Crippen molar-refractivity contribution in [1.82, 2.24) is 19.5 Å². The van der Waals surface area contributed by atoms with Crippen molar-refractivity contribution in [2.45, 2.75) is 25.4 Å². The minimum atomic E-state index is -4.48. The predicted octanol–water partition coefficient (Wildman–Crippen LogP) is 7.33. The van der Waals surface area contributed by atoms with Crippen LogP contribution >= 0.6 is 0 Å². The summed E-state index contributed by atoms with van der Waals surface area (Å²) < 4.78 is 80.4. The number of alkyl halides is 6. The van der Waals surface area contributed by atoms with Crippen LogP contribution < -0.4 is 15.5 Å². The molecule has 42 heavy (non-hydrogen) atoms. The van der Waals surface area contributed by atoms with E-state index in [9.17, 15) is 26.3 Å². The average Bonchev–Trinajstić information content (AvgIpc) is 3.34. The lowest BCUT2D eigenvalue weighted by Gasteiger charge is -2.15. The first-order valence-electron chi connectivity index (χ1n) is 12.7. The van der Waals surface area contributed by atoms with Crippen molar-refractivity contribution < 1.29 is 26.3 Å². The maximum Gasteiger partial charge on any atom is 0.416 e. The van der Waals surface area contributed by atoms with Gasteiger partial charge in [-0.3, -0.25) is 0 Å². The van der Waals surface area contributed by atoms with Gasteiger partial charge in [0, 0.05) is 32.0 Å². The Morgan fingerprint density at radius 2 is 1.50 bits per heavy atom. The first-order valence-corrected chi connectivity index (χ1v) is 12.7. The Balaban J connectivity index is 1.49. The maximum absolute atomic E-state index is 13.2. The Morgan fingerprint density at radius 1 is 0.786 bits per heavy atom. The second-order valence-corrected chi connectivity index (χ2v) is 9.76. The molecule has 13 heteroatoms. The molecular formula is C29H25F6N7. The number of benzene rings is 3. The van der Waals surface area contributed by atoms with Gasteiger partial charge in [-0.05, 0) is 53.6 Å². The van der Waals surface area contributed by atoms with Crippen LogP contribution in [-0.4, -0.2) is 33.6 Å². The Morgan fingerprint density at radius 3 is 2.19 bits per heavy atom. The molecule has 0 fully saturated rings. The van der Waals surface area contributed by atoms with Crippen molar-refractivity contribution >= 4 is 34.3 Å². The van der Waals surface area contributed by atoms with Crippen molar-refractivity contribution in [3.63, 3.8) is 0 Å². The van der Waals surface area contributed by atoms with Gasteiger partial charge in [-0.25, -0.2) is 4.98 Å². The number of anilines is 4. The summed E-state index contributed by atoms with van der Waals surface area (Å²) in [4.78, 5) is 15.5. The largest absolute Gasteiger partial charge is 0.416 e. The molecule has 5 rings (SSSR count). The first kappa shape index (κ1) is 28.7. The molecule has 0 saturated heterocycles. The van der Waals surface area contributed by atoms with Crippen molar-refractivity contribution in [2.75, 3.05) is 29.6 Å². The van der Waals surface area contributed by atoms with E-state index in [1.807, 2.05) is 43.3 Å². The third kappa shape index (κ3) is 6.56. The Hall–Kier alpha value is -4.81. The Kier molecular flexibility index (Phi) is 7.67. The second-order valence-electron chi connectivity index (χ2n) is 9.76. The smallest absolute Gasteiger partial charge is 0.378 e. The van der Waals surface area contributed by atoms with Crippen LogP contribution in [0, 0.1) is 0 Å². The van der Waals surface area contributed by atoms with E-state index in [1.54, 1.807) is 10.6 Å². The molecule has 0 atom stereocenters. The van der Waals surface area contributed by atoms with E-state index in [0.29, 0.717) is 28.0 Å². The summed E-state index contributed by atoms with van der Waals surface area (Å²) >= 11 is 0. The zero-order valence-electron chi connectivity index (χ0n) is 22.4. The third-order valence-electron chi connectivity index (χ3n) is 6.43. The van der Waals surface area contributed by atoms with Gasteiger partial charge in [0.2, 0.25) is 5.95 Å². The van der Waals surface area contributed by atoms with E-state index in [2.05, 4.69) is 25.6 Å². The lowest BCUT2D eigenvalue weighted by Crippen LogP contribution is -2.10. The molecule has 0 bridgehead atoms. The minimum absolute atomic E-state index is 0.0252. The van der Waals surface area contributed by atoms with E-state index in [0.717, 1.165) is 30.0 Å². The molecule has 2 heterocycles. The summed E-state index contributed by atoms with van der Waals surface area (Å²) in [7, 11) is 3.80. The topological polar surface area (TPSA) is 70.9 Å². The zero-order chi connectivity index (χ0) is 30.1. The number of rotatable bonds is 8. The van der Waals surface area contributed by atoms with Crippen LogP contribution in [0.5, 0.6) is 0 Å². The van der Waals surface area contributed by atoms with Crippen LogP contribution in [0.1, 0.15) is 22.3 Å². The van der Waals surface area contributed by atoms with E-state index in [4.69, 9.17) is 0 Å². The molecule has 0 amide bonds. The lowest BCUT2D eigenvalue weighted by atomic mass is 10.1. The van der Waals surface area contributed by atoms with Gasteiger partial charge in [0.1, 0.15) is 0 Å². The van der Waals surface area contributed by atoms with Crippen molar-refractivity contribution in [3.05, 3.63) is 101 Å². The van der Waals surface area contributed by atoms with Gasteiger partial charge >= 0.3 is 12.4 Å². The quantitative estimate of drug-likeness (QED) is 0.186. The SMILES string of the molecule is CN(C)c1cccc(Nc2nc(NCc3cccc(C(F)(F)F)c3)c3ncn(Cc4ccc(C(F)(F)F)cc4)c3n2)c1. The summed E-state index contributed by atoms with van der Waals surface area (Å²) in [6, 6.07) is 17.2. The molecule has 0 radical (unpaired) electrons. The highest BCUT2D eigenvalue weighted by atomic mass is 19.4. The molecule has 218 valence electrons. The highest BCUT2D eigenvalue weighted by Crippen LogP contribution is 2.31. The number of imidazole rings is 1. The molecule has 5 aromatic rings. The third-order valence-corrected chi connectivity index (χ3v) is 6.43. The summed E-state index contributed by atoms with van der Waals surface area (Å²) in [5.74, 6) is 0.467. The van der Waals surface area contributed by atoms with Crippen molar-refractivity contribution in [1.29, 1.82) is 0 Å². The first-order chi connectivity index (χ1) is 19.9. The number of hydrogen-bond donors (Lipinski definition) is 2. The van der Waals surface area contributed by atoms with E-state index in [1.165, 1.54) is 24.5 Å². The lowest BCUT2D eigenvalue weighted by molar-refractivity contribution is -0.138. The monoisotopic (exact) mass is 585 g/mol. The number of nitrogens with one attached hydrogen (secondary N) is 2. The Bertz CT molecular complexity index is 1690. The van der Waals surface area contributed by atoms with Crippen LogP contribution in [0.15, 0.2) is 79.1 Å². The van der Waals surface area contributed by atoms with Gasteiger partial charge in [0.05, 0.1) is 24.0 Å². The zero-order valence-corrected chi connectivity index (χ0v) is 22.4. The van der Waals surface area contributed by atoms with Gasteiger partial charge in [-0.2, -0.15) is 36.3 Å². The second kappa shape index (κ2) is 11.2. The van der Waals surface area contributed by atoms with E-state index >= 15 is 0 Å². The summed E-state index contributed by atoms with van der Waals surface area (Å²) in [6.45, 7) is 0.200. The molecule has 7 nitrogen and oxygen atoms in total. The fourth-order valence-corrected chi connectivity index (χ4v) is 4.27. The van der Waals surface area contributed by atoms with Gasteiger partial charge in [0.25, 0.3) is 0 Å². The normalized spacial score (nSPS) is 12.0. The van der Waals surface area contributed by atoms with E-state index in [-0.39, 0.29) is 24.9 Å². The van der Waals surface area contributed by atoms with Crippen molar-refractivity contribution in [2.24, 2.45) is 0 Å². The molecule has 3 aromatic carbocycles. The van der Waals surface area contributed by atoms with Gasteiger partial charge in [-0.1, -0.05) is 30.3 Å². The van der Waals surface area contributed by atoms with E-state index < -0.39 is 23.5 Å². The summed E-state index contributed by atoms with van der Waals surface area (Å²) in [5, 5.41) is 6.23. The number of halogens is 6. The average molecular weight is 586 g/mol. The fourth-order valence-electron chi connectivity index (χ4n) is 4.27. The number of hydrogen-bond acceptors (Lipinski definition) is 6. The number of nitrogens with zero attached hydrogens (tertiary/aromatic N) is 5. The highest BCUT2D eigenvalue weighted by Gasteiger charge is 2.31. The Labute approximate surface area is 236 Å². The maximum atomic E-state index is 13.2. The molecule has 2 aromatic heterocycles. The predicted molar refractivity (Wildman–Crippen MR) is 149 cm³/mol. The fraction of sp³-hybridized carbons (Fsp3) is 0.207. The van der Waals surface area contributed by atoms with Gasteiger partial charge in [-0.15, -0.1) is 0 Å². The van der Waals surface area contributed by atoms with Crippen LogP contribution in [0.4, 0.5) is 49.5 Å². The summed E-state index contributed by atoms with van der Waals surface area (Å²) in [5.41, 5.74) is 1.80. The molecule has 2 N–H and O–H groups in total. The molecule has 0 aliphatic rings. The summed E-state index contributed by atoms with van der Waals surface area (Å²) in [6.07, 6.45) is -7.44. The molecular weight excluding hydrogens is 560 g/mol. The number of aromatic nitrogens is 4. The van der Waals surface area contributed by atoms with Gasteiger partial charge in [0.15, 0.2) is 17.0 Å². The molecule has 0 aliphatic carbocycles. The molecule has 0 aliphatic heterocycles. The molecule has 0 unspecified atom stereocenters. The number of fused-ring (bicyclic) bond motifs is 1. The van der Waals surface area contributed by atoms with Crippen LogP contribution in [0.3, 0.4) is 0 Å². The minimum Gasteiger partial charge on any atom is -0.378 e. The van der Waals surface area contributed by atoms with Gasteiger partial charge < -0.3 is 20.1 Å². The molecule has 0 spiro atoms. The van der Waals surface area contributed by atoms with Crippen LogP contribution in [0.25, 0.3) is 11.2 Å². The molecule has 0 saturated carbocycles.